The first-order chi connectivity index (χ1) is 24.7. The van der Waals surface area contributed by atoms with Crippen molar-refractivity contribution in [3.63, 3.8) is 0 Å². The van der Waals surface area contributed by atoms with Gasteiger partial charge in [0.25, 0.3) is 0 Å². The van der Waals surface area contributed by atoms with E-state index in [1.165, 1.54) is 18.4 Å². The van der Waals surface area contributed by atoms with Gasteiger partial charge in [-0.3, -0.25) is 0 Å². The highest BCUT2D eigenvalue weighted by Crippen LogP contribution is 2.70. The Morgan fingerprint density at radius 2 is 1.50 bits per heavy atom. The number of fused-ring (bicyclic) bond motifs is 7. The molecule has 4 aliphatic heterocycles. The number of hydrogen-bond acceptors (Lipinski definition) is 13. The van der Waals surface area contributed by atoms with Crippen LogP contribution in [0.1, 0.15) is 85.5 Å². The van der Waals surface area contributed by atoms with Crippen molar-refractivity contribution in [2.24, 2.45) is 46.3 Å². The molecule has 4 saturated heterocycles. The molecule has 4 aliphatic carbocycles. The zero-order valence-electron chi connectivity index (χ0n) is 31.0. The van der Waals surface area contributed by atoms with Crippen molar-refractivity contribution >= 4 is 0 Å². The molecule has 0 aromatic heterocycles. The summed E-state index contributed by atoms with van der Waals surface area (Å²) in [5.41, 5.74) is 1.63. The Balaban J connectivity index is 0.964. The van der Waals surface area contributed by atoms with Gasteiger partial charge in [0.05, 0.1) is 32.0 Å². The topological polar surface area (TPSA) is 197 Å². The van der Waals surface area contributed by atoms with E-state index in [4.69, 9.17) is 28.4 Å². The summed E-state index contributed by atoms with van der Waals surface area (Å²) in [5.74, 6) is 2.83. The zero-order chi connectivity index (χ0) is 36.9. The number of aliphatic hydroxyl groups is 7. The molecule has 8 rings (SSSR count). The minimum absolute atomic E-state index is 0.0289. The van der Waals surface area contributed by atoms with Crippen molar-refractivity contribution in [3.8, 4) is 0 Å². The van der Waals surface area contributed by atoms with Crippen molar-refractivity contribution in [2.75, 3.05) is 19.8 Å². The largest absolute Gasteiger partial charge is 0.394 e. The van der Waals surface area contributed by atoms with Gasteiger partial charge in [0.2, 0.25) is 0 Å². The molecule has 0 amide bonds. The summed E-state index contributed by atoms with van der Waals surface area (Å²) in [6, 6.07) is 0. The van der Waals surface area contributed by atoms with Crippen LogP contribution in [0.4, 0.5) is 0 Å². The predicted molar refractivity (Wildman–Crippen MR) is 183 cm³/mol. The third kappa shape index (κ3) is 5.90. The smallest absolute Gasteiger partial charge is 0.187 e. The van der Waals surface area contributed by atoms with Gasteiger partial charge in [-0.05, 0) is 91.8 Å². The number of allylic oxidation sites excluding steroid dienone is 1. The molecule has 7 fully saturated rings. The molecule has 0 aromatic carbocycles. The van der Waals surface area contributed by atoms with E-state index in [1.54, 1.807) is 0 Å². The third-order valence-corrected chi connectivity index (χ3v) is 15.6. The first-order valence-electron chi connectivity index (χ1n) is 20.0. The number of ether oxygens (including phenoxy) is 6. The summed E-state index contributed by atoms with van der Waals surface area (Å²) in [5, 5.41) is 72.6. The van der Waals surface area contributed by atoms with Gasteiger partial charge < -0.3 is 64.2 Å². The maximum atomic E-state index is 11.1. The van der Waals surface area contributed by atoms with Crippen LogP contribution in [-0.2, 0) is 28.4 Å². The number of rotatable bonds is 6. The molecule has 52 heavy (non-hydrogen) atoms. The van der Waals surface area contributed by atoms with E-state index in [-0.39, 0.29) is 23.0 Å². The lowest BCUT2D eigenvalue weighted by Gasteiger charge is -2.58. The van der Waals surface area contributed by atoms with E-state index in [0.29, 0.717) is 41.9 Å². The molecule has 3 saturated carbocycles. The molecular formula is C39H62O13. The highest BCUT2D eigenvalue weighted by atomic mass is 16.8. The molecule has 8 aliphatic rings. The lowest BCUT2D eigenvalue weighted by atomic mass is 9.47. The Morgan fingerprint density at radius 3 is 2.19 bits per heavy atom. The first kappa shape index (κ1) is 38.1. The van der Waals surface area contributed by atoms with Crippen LogP contribution >= 0.6 is 0 Å². The number of hydrogen-bond donors (Lipinski definition) is 7. The fourth-order valence-electron chi connectivity index (χ4n) is 12.6. The van der Waals surface area contributed by atoms with Gasteiger partial charge in [0.15, 0.2) is 18.4 Å². The quantitative estimate of drug-likeness (QED) is 0.193. The molecule has 0 unspecified atom stereocenters. The molecule has 4 heterocycles. The zero-order valence-corrected chi connectivity index (χ0v) is 31.0. The first-order valence-corrected chi connectivity index (χ1v) is 20.0. The fourth-order valence-corrected chi connectivity index (χ4v) is 12.6. The van der Waals surface area contributed by atoms with E-state index in [9.17, 15) is 35.7 Å². The van der Waals surface area contributed by atoms with E-state index in [1.807, 2.05) is 0 Å². The summed E-state index contributed by atoms with van der Waals surface area (Å²) < 4.78 is 37.4. The SMILES string of the molecule is C[C@@H]1CC[C@@]2(OC1)O[C@H]1C[C@H]3[C@@H]4CC=C5C[C@@H](O[C@@H]6O[C@H](CO)[C@@H](O)[C@H](O)[C@H]6O[C@@H]6O[C@H](CO)[C@@H](O)[C@H](O)[C@H]6O)CC[C@]5(C)[C@H]4CC[C@]3(C)[C@H]1[C@@H]2C. The molecule has 0 aromatic rings. The molecule has 0 radical (unpaired) electrons. The Labute approximate surface area is 306 Å². The Hall–Kier alpha value is -0.780. The van der Waals surface area contributed by atoms with Gasteiger partial charge in [-0.25, -0.2) is 0 Å². The van der Waals surface area contributed by atoms with Crippen LogP contribution in [0.2, 0.25) is 0 Å². The van der Waals surface area contributed by atoms with Gasteiger partial charge in [0.1, 0.15) is 48.8 Å². The van der Waals surface area contributed by atoms with E-state index in [0.717, 1.165) is 45.1 Å². The minimum Gasteiger partial charge on any atom is -0.394 e. The maximum Gasteiger partial charge on any atom is 0.187 e. The van der Waals surface area contributed by atoms with Gasteiger partial charge in [-0.1, -0.05) is 39.3 Å². The summed E-state index contributed by atoms with van der Waals surface area (Å²) >= 11 is 0. The highest BCUT2D eigenvalue weighted by Gasteiger charge is 2.68. The van der Waals surface area contributed by atoms with Crippen LogP contribution in [0.15, 0.2) is 11.6 Å². The van der Waals surface area contributed by atoms with Crippen molar-refractivity contribution in [2.45, 2.75) is 165 Å². The second-order valence-corrected chi connectivity index (χ2v) is 18.3. The molecule has 1 spiro atoms. The summed E-state index contributed by atoms with van der Waals surface area (Å²) in [6.07, 6.45) is -3.28. The van der Waals surface area contributed by atoms with Crippen LogP contribution in [0, 0.1) is 46.3 Å². The molecular weight excluding hydrogens is 676 g/mol. The Bertz CT molecular complexity index is 1320. The highest BCUT2D eigenvalue weighted by molar-refractivity contribution is 5.26. The fraction of sp³-hybridized carbons (Fsp3) is 0.949. The summed E-state index contributed by atoms with van der Waals surface area (Å²) in [7, 11) is 0. The van der Waals surface area contributed by atoms with Gasteiger partial charge in [-0.2, -0.15) is 0 Å². The van der Waals surface area contributed by atoms with Crippen LogP contribution in [-0.4, -0.2) is 135 Å². The van der Waals surface area contributed by atoms with Gasteiger partial charge >= 0.3 is 0 Å². The van der Waals surface area contributed by atoms with Gasteiger partial charge in [0, 0.05) is 12.3 Å². The predicted octanol–water partition coefficient (Wildman–Crippen LogP) is 1.36. The lowest BCUT2D eigenvalue weighted by Crippen LogP contribution is -2.65. The van der Waals surface area contributed by atoms with Crippen LogP contribution in [0.5, 0.6) is 0 Å². The second-order valence-electron chi connectivity index (χ2n) is 18.3. The standard InChI is InChI=1S/C39H62O13/c1-18-7-12-39(47-17-18)19(2)28-25(52-39)14-24-22-6-5-20-13-21(8-10-37(20,3)23(22)9-11-38(24,28)4)48-36-34(32(45)30(43)27(16-41)50-36)51-35-33(46)31(44)29(42)26(15-40)49-35/h5,18-19,21-36,40-46H,6-17H2,1-4H3/t18-,19+,21+,22-,23+,24+,25+,26-,27-,28+,29-,30-,31+,32+,33-,34-,35+,36-,37+,38+,39-/m1/s1. The van der Waals surface area contributed by atoms with E-state index < -0.39 is 80.4 Å². The van der Waals surface area contributed by atoms with Crippen LogP contribution < -0.4 is 0 Å². The van der Waals surface area contributed by atoms with Crippen LogP contribution in [0.25, 0.3) is 0 Å². The van der Waals surface area contributed by atoms with E-state index in [2.05, 4.69) is 33.8 Å². The summed E-state index contributed by atoms with van der Waals surface area (Å²) in [4.78, 5) is 0. The molecule has 7 N–H and O–H groups in total. The minimum atomic E-state index is -1.72. The van der Waals surface area contributed by atoms with E-state index >= 15 is 0 Å². The summed E-state index contributed by atoms with van der Waals surface area (Å²) in [6.45, 7) is 9.20. The molecule has 13 nitrogen and oxygen atoms in total. The molecule has 296 valence electrons. The average molecular weight is 739 g/mol. The second kappa shape index (κ2) is 14.0. The van der Waals surface area contributed by atoms with Crippen molar-refractivity contribution in [1.29, 1.82) is 0 Å². The Kier molecular flexibility index (Phi) is 10.3. The lowest BCUT2D eigenvalue weighted by molar-refractivity contribution is -0.372. The third-order valence-electron chi connectivity index (χ3n) is 15.6. The van der Waals surface area contributed by atoms with Crippen molar-refractivity contribution in [3.05, 3.63) is 11.6 Å². The van der Waals surface area contributed by atoms with Crippen molar-refractivity contribution < 1.29 is 64.2 Å². The monoisotopic (exact) mass is 738 g/mol. The van der Waals surface area contributed by atoms with Crippen LogP contribution in [0.3, 0.4) is 0 Å². The van der Waals surface area contributed by atoms with Gasteiger partial charge in [-0.15, -0.1) is 0 Å². The average Bonchev–Trinajstić information content (AvgIpc) is 3.58. The molecule has 0 bridgehead atoms. The maximum absolute atomic E-state index is 11.1. The normalized spacial score (nSPS) is 57.5. The van der Waals surface area contributed by atoms with Crippen molar-refractivity contribution in [1.82, 2.24) is 0 Å². The number of aliphatic hydroxyl groups excluding tert-OH is 7. The Morgan fingerprint density at radius 1 is 0.788 bits per heavy atom. The molecule has 21 atom stereocenters. The molecule has 13 heteroatoms.